The number of hydrogen-bond acceptors (Lipinski definition) is 2. The monoisotopic (exact) mass is 215 g/mol. The van der Waals surface area contributed by atoms with Crippen molar-refractivity contribution in [2.24, 2.45) is 5.92 Å². The molecule has 16 heavy (non-hydrogen) atoms. The summed E-state index contributed by atoms with van der Waals surface area (Å²) in [6, 6.07) is 8.42. The summed E-state index contributed by atoms with van der Waals surface area (Å²) in [7, 11) is 1.73. The maximum Gasteiger partial charge on any atom is 0.119 e. The first-order valence-electron chi connectivity index (χ1n) is 5.97. The van der Waals surface area contributed by atoms with Gasteiger partial charge >= 0.3 is 0 Å². The van der Waals surface area contributed by atoms with Gasteiger partial charge in [-0.15, -0.1) is 0 Å². The summed E-state index contributed by atoms with van der Waals surface area (Å²) < 4.78 is 5.28. The highest BCUT2D eigenvalue weighted by atomic mass is 16.5. The average molecular weight is 215 g/mol. The lowest BCUT2D eigenvalue weighted by Crippen LogP contribution is -2.25. The minimum absolute atomic E-state index is 0.737. The van der Waals surface area contributed by atoms with Crippen LogP contribution < -0.4 is 4.74 Å². The number of hydrogen-bond donors (Lipinski definition) is 0. The van der Waals surface area contributed by atoms with E-state index in [9.17, 15) is 0 Å². The van der Waals surface area contributed by atoms with Crippen molar-refractivity contribution in [1.82, 2.24) is 4.90 Å². The fourth-order valence-corrected chi connectivity index (χ4v) is 2.79. The summed E-state index contributed by atoms with van der Waals surface area (Å²) in [5.41, 5.74) is 2.82. The summed E-state index contributed by atoms with van der Waals surface area (Å²) in [5.74, 6) is 1.69. The van der Waals surface area contributed by atoms with Crippen LogP contribution >= 0.6 is 0 Å². The van der Waals surface area contributed by atoms with Crippen molar-refractivity contribution in [1.29, 1.82) is 0 Å². The molecule has 0 radical (unpaired) electrons. The molecular formula is C14H17NO. The number of rotatable bonds is 2. The van der Waals surface area contributed by atoms with Gasteiger partial charge in [0.05, 0.1) is 7.11 Å². The Morgan fingerprint density at radius 1 is 1.38 bits per heavy atom. The van der Waals surface area contributed by atoms with Crippen LogP contribution in [0.1, 0.15) is 18.4 Å². The Hall–Kier alpha value is -1.44. The highest BCUT2D eigenvalue weighted by Gasteiger charge is 2.28. The first-order valence-corrected chi connectivity index (χ1v) is 5.97. The molecule has 0 aliphatic carbocycles. The zero-order chi connectivity index (χ0) is 11.0. The Morgan fingerprint density at radius 3 is 3.12 bits per heavy atom. The van der Waals surface area contributed by atoms with E-state index in [1.54, 1.807) is 7.11 Å². The molecule has 0 amide bonds. The van der Waals surface area contributed by atoms with E-state index in [1.807, 2.05) is 6.07 Å². The SMILES string of the molecule is COc1cccc(C2=CN3CCCC2C3)c1. The van der Waals surface area contributed by atoms with E-state index < -0.39 is 0 Å². The molecular weight excluding hydrogens is 198 g/mol. The second-order valence-electron chi connectivity index (χ2n) is 4.65. The molecule has 84 valence electrons. The topological polar surface area (TPSA) is 12.5 Å². The third kappa shape index (κ3) is 1.58. The number of fused-ring (bicyclic) bond motifs is 2. The van der Waals surface area contributed by atoms with Crippen LogP contribution in [0, 0.1) is 5.92 Å². The standard InChI is InChI=1S/C14H17NO/c1-16-13-6-2-4-11(8-13)14-10-15-7-3-5-12(14)9-15/h2,4,6,8,10,12H,3,5,7,9H2,1H3. The van der Waals surface area contributed by atoms with Crippen molar-refractivity contribution in [3.8, 4) is 5.75 Å². The van der Waals surface area contributed by atoms with Crippen molar-refractivity contribution >= 4 is 5.57 Å². The second kappa shape index (κ2) is 3.85. The fraction of sp³-hybridized carbons (Fsp3) is 0.429. The number of benzene rings is 1. The van der Waals surface area contributed by atoms with Crippen molar-refractivity contribution in [2.75, 3.05) is 20.2 Å². The number of ether oxygens (including phenoxy) is 1. The van der Waals surface area contributed by atoms with Crippen LogP contribution in [0.15, 0.2) is 30.5 Å². The molecule has 1 aromatic rings. The van der Waals surface area contributed by atoms with Gasteiger partial charge in [-0.05, 0) is 36.1 Å². The van der Waals surface area contributed by atoms with Gasteiger partial charge < -0.3 is 9.64 Å². The molecule has 1 fully saturated rings. The average Bonchev–Trinajstić information content (AvgIpc) is 2.64. The molecule has 0 saturated carbocycles. The molecule has 2 bridgehead atoms. The van der Waals surface area contributed by atoms with Crippen LogP contribution in [0.2, 0.25) is 0 Å². The Morgan fingerprint density at radius 2 is 2.31 bits per heavy atom. The predicted molar refractivity (Wildman–Crippen MR) is 65.3 cm³/mol. The van der Waals surface area contributed by atoms with Crippen LogP contribution in [0.25, 0.3) is 5.57 Å². The zero-order valence-corrected chi connectivity index (χ0v) is 9.65. The van der Waals surface area contributed by atoms with Gasteiger partial charge in [0.25, 0.3) is 0 Å². The molecule has 2 aliphatic heterocycles. The molecule has 0 spiro atoms. The first kappa shape index (κ1) is 9.76. The molecule has 1 unspecified atom stereocenters. The zero-order valence-electron chi connectivity index (χ0n) is 9.65. The van der Waals surface area contributed by atoms with E-state index in [1.165, 1.54) is 37.1 Å². The summed E-state index contributed by atoms with van der Waals surface area (Å²) in [6.07, 6.45) is 5.00. The van der Waals surface area contributed by atoms with Crippen molar-refractivity contribution in [3.05, 3.63) is 36.0 Å². The number of piperidine rings is 1. The smallest absolute Gasteiger partial charge is 0.119 e. The molecule has 2 aliphatic rings. The summed E-state index contributed by atoms with van der Waals surface area (Å²) in [4.78, 5) is 2.45. The van der Waals surface area contributed by atoms with Crippen molar-refractivity contribution in [2.45, 2.75) is 12.8 Å². The fourth-order valence-electron chi connectivity index (χ4n) is 2.79. The van der Waals surface area contributed by atoms with Crippen LogP contribution in [0.3, 0.4) is 0 Å². The Kier molecular flexibility index (Phi) is 2.35. The van der Waals surface area contributed by atoms with E-state index in [0.717, 1.165) is 11.7 Å². The van der Waals surface area contributed by atoms with E-state index in [4.69, 9.17) is 4.74 Å². The molecule has 0 N–H and O–H groups in total. The van der Waals surface area contributed by atoms with Gasteiger partial charge in [-0.3, -0.25) is 0 Å². The minimum Gasteiger partial charge on any atom is -0.497 e. The summed E-state index contributed by atoms with van der Waals surface area (Å²) in [5, 5.41) is 0. The molecule has 2 heteroatoms. The maximum absolute atomic E-state index is 5.28. The molecule has 1 saturated heterocycles. The Bertz CT molecular complexity index is 424. The molecule has 3 rings (SSSR count). The van der Waals surface area contributed by atoms with Gasteiger partial charge in [0.2, 0.25) is 0 Å². The van der Waals surface area contributed by atoms with Crippen LogP contribution in [-0.2, 0) is 0 Å². The second-order valence-corrected chi connectivity index (χ2v) is 4.65. The Balaban J connectivity index is 1.94. The van der Waals surface area contributed by atoms with E-state index >= 15 is 0 Å². The van der Waals surface area contributed by atoms with Crippen molar-refractivity contribution in [3.63, 3.8) is 0 Å². The molecule has 1 atom stereocenters. The normalized spacial score (nSPS) is 23.2. The highest BCUT2D eigenvalue weighted by Crippen LogP contribution is 2.37. The van der Waals surface area contributed by atoms with Crippen LogP contribution in [-0.4, -0.2) is 25.1 Å². The van der Waals surface area contributed by atoms with Crippen LogP contribution in [0.5, 0.6) is 5.75 Å². The maximum atomic E-state index is 5.28. The van der Waals surface area contributed by atoms with Gasteiger partial charge in [0, 0.05) is 25.2 Å². The molecule has 2 nitrogen and oxygen atoms in total. The largest absolute Gasteiger partial charge is 0.497 e. The molecule has 2 heterocycles. The Labute approximate surface area is 96.5 Å². The van der Waals surface area contributed by atoms with Gasteiger partial charge in [0.15, 0.2) is 0 Å². The lowest BCUT2D eigenvalue weighted by molar-refractivity contribution is 0.299. The van der Waals surface area contributed by atoms with Crippen molar-refractivity contribution < 1.29 is 4.74 Å². The molecule has 1 aromatic carbocycles. The highest BCUT2D eigenvalue weighted by molar-refractivity contribution is 5.70. The van der Waals surface area contributed by atoms with Gasteiger partial charge in [0.1, 0.15) is 5.75 Å². The van der Waals surface area contributed by atoms with E-state index in [2.05, 4.69) is 29.3 Å². The minimum atomic E-state index is 0.737. The number of methoxy groups -OCH3 is 1. The predicted octanol–water partition coefficient (Wildman–Crippen LogP) is 2.76. The van der Waals surface area contributed by atoms with Gasteiger partial charge in [-0.25, -0.2) is 0 Å². The number of nitrogens with zero attached hydrogens (tertiary/aromatic N) is 1. The van der Waals surface area contributed by atoms with Crippen LogP contribution in [0.4, 0.5) is 0 Å². The van der Waals surface area contributed by atoms with Gasteiger partial charge in [-0.2, -0.15) is 0 Å². The third-order valence-electron chi connectivity index (χ3n) is 3.62. The lowest BCUT2D eigenvalue weighted by Gasteiger charge is -2.24. The van der Waals surface area contributed by atoms with E-state index in [-0.39, 0.29) is 0 Å². The molecule has 0 aromatic heterocycles. The summed E-state index contributed by atoms with van der Waals surface area (Å²) in [6.45, 7) is 2.44. The lowest BCUT2D eigenvalue weighted by atomic mass is 9.90. The third-order valence-corrected chi connectivity index (χ3v) is 3.62. The quantitative estimate of drug-likeness (QED) is 0.752. The van der Waals surface area contributed by atoms with E-state index in [0.29, 0.717) is 0 Å². The summed E-state index contributed by atoms with van der Waals surface area (Å²) >= 11 is 0. The first-order chi connectivity index (χ1) is 7.86. The van der Waals surface area contributed by atoms with Gasteiger partial charge in [-0.1, -0.05) is 12.1 Å².